The van der Waals surface area contributed by atoms with Crippen molar-refractivity contribution in [2.75, 3.05) is 5.32 Å². The van der Waals surface area contributed by atoms with Crippen LogP contribution in [0.5, 0.6) is 0 Å². The molecule has 6 nitrogen and oxygen atoms in total. The van der Waals surface area contributed by atoms with E-state index in [1.807, 2.05) is 6.07 Å². The van der Waals surface area contributed by atoms with E-state index >= 15 is 0 Å². The summed E-state index contributed by atoms with van der Waals surface area (Å²) in [6.45, 7) is 0. The number of halogens is 2. The number of carbonyl (C=O) groups excluding carboxylic acids is 1. The molecule has 2 aromatic carbocycles. The first-order valence-electron chi connectivity index (χ1n) is 8.31. The van der Waals surface area contributed by atoms with Crippen LogP contribution in [0.3, 0.4) is 0 Å². The van der Waals surface area contributed by atoms with Crippen LogP contribution in [0.1, 0.15) is 21.8 Å². The normalized spacial score (nSPS) is 10.8. The minimum atomic E-state index is -0.692. The molecule has 0 aliphatic heterocycles. The van der Waals surface area contributed by atoms with Crippen molar-refractivity contribution >= 4 is 23.2 Å². The molecule has 1 N–H and O–H groups in total. The fourth-order valence-corrected chi connectivity index (χ4v) is 2.94. The largest absolute Gasteiger partial charge is 0.461 e. The van der Waals surface area contributed by atoms with Gasteiger partial charge in [-0.25, -0.2) is 4.39 Å². The molecule has 8 heteroatoms. The number of benzene rings is 2. The van der Waals surface area contributed by atoms with Crippen molar-refractivity contribution in [1.82, 2.24) is 10.1 Å². The Morgan fingerprint density at radius 3 is 2.75 bits per heavy atom. The van der Waals surface area contributed by atoms with Crippen molar-refractivity contribution in [3.05, 3.63) is 88.7 Å². The SMILES string of the molecule is O=C(Nc1ccccc1Cc1nc(-c2ccco2)no1)c1c(F)cccc1Cl. The summed E-state index contributed by atoms with van der Waals surface area (Å²) in [5.74, 6) is -0.165. The van der Waals surface area contributed by atoms with Crippen LogP contribution in [-0.4, -0.2) is 16.0 Å². The van der Waals surface area contributed by atoms with Crippen LogP contribution >= 0.6 is 11.6 Å². The van der Waals surface area contributed by atoms with Crippen molar-refractivity contribution in [3.63, 3.8) is 0 Å². The molecule has 140 valence electrons. The molecule has 4 rings (SSSR count). The number of furan rings is 1. The number of anilines is 1. The topological polar surface area (TPSA) is 81.2 Å². The van der Waals surface area contributed by atoms with Crippen LogP contribution in [-0.2, 0) is 6.42 Å². The van der Waals surface area contributed by atoms with Gasteiger partial charge in [0.25, 0.3) is 5.91 Å². The number of amides is 1. The van der Waals surface area contributed by atoms with E-state index in [0.29, 0.717) is 23.2 Å². The molecule has 0 atom stereocenters. The summed E-state index contributed by atoms with van der Waals surface area (Å²) in [4.78, 5) is 16.8. The molecule has 0 aliphatic rings. The number of rotatable bonds is 5. The van der Waals surface area contributed by atoms with Crippen LogP contribution in [0.15, 0.2) is 69.8 Å². The molecule has 4 aromatic rings. The van der Waals surface area contributed by atoms with E-state index in [-0.39, 0.29) is 17.0 Å². The highest BCUT2D eigenvalue weighted by Gasteiger charge is 2.18. The van der Waals surface area contributed by atoms with Crippen LogP contribution in [0.4, 0.5) is 10.1 Å². The summed E-state index contributed by atoms with van der Waals surface area (Å²) in [6.07, 6.45) is 1.79. The van der Waals surface area contributed by atoms with Gasteiger partial charge >= 0.3 is 0 Å². The molecule has 0 bridgehead atoms. The Bertz CT molecular complexity index is 1110. The number of carbonyl (C=O) groups is 1. The van der Waals surface area contributed by atoms with Gasteiger partial charge in [-0.05, 0) is 35.9 Å². The molecular formula is C20H13ClFN3O3. The first-order valence-corrected chi connectivity index (χ1v) is 8.69. The van der Waals surface area contributed by atoms with Crippen LogP contribution < -0.4 is 5.32 Å². The molecule has 1 amide bonds. The van der Waals surface area contributed by atoms with E-state index in [2.05, 4.69) is 15.5 Å². The Morgan fingerprint density at radius 1 is 1.11 bits per heavy atom. The van der Waals surface area contributed by atoms with Gasteiger partial charge in [-0.2, -0.15) is 4.98 Å². The van der Waals surface area contributed by atoms with Crippen LogP contribution in [0.2, 0.25) is 5.02 Å². The monoisotopic (exact) mass is 397 g/mol. The number of hydrogen-bond acceptors (Lipinski definition) is 5. The number of nitrogens with zero attached hydrogens (tertiary/aromatic N) is 2. The lowest BCUT2D eigenvalue weighted by molar-refractivity contribution is 0.102. The summed E-state index contributed by atoms with van der Waals surface area (Å²) in [6, 6.07) is 14.6. The van der Waals surface area contributed by atoms with Gasteiger partial charge in [-0.15, -0.1) is 0 Å². The molecule has 0 radical (unpaired) electrons. The van der Waals surface area contributed by atoms with Crippen molar-refractivity contribution in [2.45, 2.75) is 6.42 Å². The minimum absolute atomic E-state index is 0.0370. The van der Waals surface area contributed by atoms with Crippen molar-refractivity contribution in [1.29, 1.82) is 0 Å². The zero-order chi connectivity index (χ0) is 19.5. The zero-order valence-electron chi connectivity index (χ0n) is 14.4. The minimum Gasteiger partial charge on any atom is -0.461 e. The van der Waals surface area contributed by atoms with Gasteiger partial charge in [-0.1, -0.05) is 41.0 Å². The molecular weight excluding hydrogens is 385 g/mol. The van der Waals surface area contributed by atoms with E-state index in [4.69, 9.17) is 20.5 Å². The molecule has 0 saturated heterocycles. The summed E-state index contributed by atoms with van der Waals surface area (Å²) in [5, 5.41) is 6.61. The number of para-hydroxylation sites is 1. The molecule has 0 unspecified atom stereocenters. The van der Waals surface area contributed by atoms with E-state index in [1.54, 1.807) is 30.3 Å². The maximum atomic E-state index is 14.0. The van der Waals surface area contributed by atoms with Gasteiger partial charge in [0.05, 0.1) is 23.3 Å². The molecule has 0 spiro atoms. The third kappa shape index (κ3) is 3.65. The third-order valence-electron chi connectivity index (χ3n) is 4.01. The Kier molecular flexibility index (Phi) is 4.90. The molecule has 28 heavy (non-hydrogen) atoms. The van der Waals surface area contributed by atoms with Gasteiger partial charge < -0.3 is 14.3 Å². The predicted octanol–water partition coefficient (Wildman–Crippen LogP) is 4.97. The van der Waals surface area contributed by atoms with E-state index < -0.39 is 11.7 Å². The van der Waals surface area contributed by atoms with Gasteiger partial charge in [0.1, 0.15) is 5.82 Å². The van der Waals surface area contributed by atoms with Crippen LogP contribution in [0, 0.1) is 5.82 Å². The highest BCUT2D eigenvalue weighted by atomic mass is 35.5. The Hall–Kier alpha value is -3.45. The average Bonchev–Trinajstić information content (AvgIpc) is 3.35. The fraction of sp³-hybridized carbons (Fsp3) is 0.0500. The second-order valence-electron chi connectivity index (χ2n) is 5.87. The summed E-state index contributed by atoms with van der Waals surface area (Å²) in [7, 11) is 0. The Balaban J connectivity index is 1.57. The fourth-order valence-electron chi connectivity index (χ4n) is 2.69. The van der Waals surface area contributed by atoms with Crippen molar-refractivity contribution < 1.29 is 18.1 Å². The molecule has 2 heterocycles. The summed E-state index contributed by atoms with van der Waals surface area (Å²) in [5.41, 5.74) is 0.999. The lowest BCUT2D eigenvalue weighted by atomic mass is 10.1. The average molecular weight is 398 g/mol. The molecule has 0 saturated carbocycles. The van der Waals surface area contributed by atoms with E-state index in [0.717, 1.165) is 5.56 Å². The summed E-state index contributed by atoms with van der Waals surface area (Å²) >= 11 is 5.97. The standard InChI is InChI=1S/C20H13ClFN3O3/c21-13-6-3-7-14(22)18(13)20(26)23-15-8-2-1-5-12(15)11-17-24-19(25-28-17)16-9-4-10-27-16/h1-10H,11H2,(H,23,26). The molecule has 0 aliphatic carbocycles. The van der Waals surface area contributed by atoms with E-state index in [9.17, 15) is 9.18 Å². The highest BCUT2D eigenvalue weighted by Crippen LogP contribution is 2.24. The lowest BCUT2D eigenvalue weighted by Crippen LogP contribution is -2.15. The van der Waals surface area contributed by atoms with Crippen molar-refractivity contribution in [2.24, 2.45) is 0 Å². The number of aromatic nitrogens is 2. The quantitative estimate of drug-likeness (QED) is 0.514. The number of nitrogens with one attached hydrogen (secondary N) is 1. The first-order chi connectivity index (χ1) is 13.6. The number of hydrogen-bond donors (Lipinski definition) is 1. The first kappa shape index (κ1) is 17.9. The maximum Gasteiger partial charge on any atom is 0.260 e. The highest BCUT2D eigenvalue weighted by molar-refractivity contribution is 6.34. The zero-order valence-corrected chi connectivity index (χ0v) is 15.1. The van der Waals surface area contributed by atoms with Gasteiger partial charge in [-0.3, -0.25) is 4.79 Å². The van der Waals surface area contributed by atoms with E-state index in [1.165, 1.54) is 24.5 Å². The second kappa shape index (κ2) is 7.66. The van der Waals surface area contributed by atoms with Crippen molar-refractivity contribution in [3.8, 4) is 11.6 Å². The maximum absolute atomic E-state index is 14.0. The Labute approximate surface area is 163 Å². The predicted molar refractivity (Wildman–Crippen MR) is 101 cm³/mol. The smallest absolute Gasteiger partial charge is 0.260 e. The second-order valence-corrected chi connectivity index (χ2v) is 6.28. The lowest BCUT2D eigenvalue weighted by Gasteiger charge is -2.11. The Morgan fingerprint density at radius 2 is 1.96 bits per heavy atom. The van der Waals surface area contributed by atoms with Crippen LogP contribution in [0.25, 0.3) is 11.6 Å². The van der Waals surface area contributed by atoms with Gasteiger partial charge in [0, 0.05) is 5.69 Å². The van der Waals surface area contributed by atoms with Gasteiger partial charge in [0.15, 0.2) is 5.76 Å². The summed E-state index contributed by atoms with van der Waals surface area (Å²) < 4.78 is 24.5. The molecule has 0 fully saturated rings. The molecule has 2 aromatic heterocycles. The third-order valence-corrected chi connectivity index (χ3v) is 4.32. The van der Waals surface area contributed by atoms with Gasteiger partial charge in [0.2, 0.25) is 11.7 Å².